The zero-order valence-corrected chi connectivity index (χ0v) is 11.0. The first kappa shape index (κ1) is 11.9. The summed E-state index contributed by atoms with van der Waals surface area (Å²) in [7, 11) is 0. The number of nitriles is 1. The zero-order valence-electron chi connectivity index (χ0n) is 8.61. The molecule has 17 heavy (non-hydrogen) atoms. The lowest BCUT2D eigenvalue weighted by Crippen LogP contribution is -1.94. The molecule has 0 fully saturated rings. The molecule has 0 aliphatic carbocycles. The van der Waals surface area contributed by atoms with Gasteiger partial charge in [-0.25, -0.2) is 4.98 Å². The minimum atomic E-state index is 0.494. The van der Waals surface area contributed by atoms with E-state index in [1.54, 1.807) is 24.4 Å². The number of anilines is 2. The Balaban J connectivity index is 2.25. The third kappa shape index (κ3) is 2.96. The van der Waals surface area contributed by atoms with Crippen LogP contribution in [0.1, 0.15) is 5.56 Å². The molecule has 0 spiro atoms. The summed E-state index contributed by atoms with van der Waals surface area (Å²) < 4.78 is 0.911. The molecule has 1 heterocycles. The number of aromatic nitrogens is 1. The molecular weight excluding hydrogens is 302 g/mol. The number of nitrogens with zero attached hydrogens (tertiary/aromatic N) is 2. The highest BCUT2D eigenvalue weighted by Crippen LogP contribution is 2.25. The molecule has 1 aromatic carbocycles. The van der Waals surface area contributed by atoms with E-state index in [1.807, 2.05) is 18.2 Å². The lowest BCUT2D eigenvalue weighted by atomic mass is 10.2. The van der Waals surface area contributed by atoms with Gasteiger partial charge in [0.2, 0.25) is 0 Å². The summed E-state index contributed by atoms with van der Waals surface area (Å²) in [5.74, 6) is 0.694. The van der Waals surface area contributed by atoms with Crippen LogP contribution < -0.4 is 5.32 Å². The van der Waals surface area contributed by atoms with Crippen LogP contribution in [0.3, 0.4) is 0 Å². The maximum Gasteiger partial charge on any atom is 0.130 e. The van der Waals surface area contributed by atoms with Gasteiger partial charge < -0.3 is 5.32 Å². The molecule has 0 amide bonds. The molecule has 2 aromatic rings. The van der Waals surface area contributed by atoms with Crippen molar-refractivity contribution in [2.75, 3.05) is 5.32 Å². The van der Waals surface area contributed by atoms with Crippen molar-refractivity contribution in [1.82, 2.24) is 4.98 Å². The van der Waals surface area contributed by atoms with Crippen molar-refractivity contribution in [3.8, 4) is 6.07 Å². The van der Waals surface area contributed by atoms with E-state index in [0.29, 0.717) is 16.4 Å². The molecule has 0 unspecified atom stereocenters. The largest absolute Gasteiger partial charge is 0.339 e. The predicted octanol–water partition coefficient (Wildman–Crippen LogP) is 4.11. The third-order valence-corrected chi connectivity index (χ3v) is 2.87. The van der Waals surface area contributed by atoms with E-state index >= 15 is 0 Å². The first-order chi connectivity index (χ1) is 8.19. The number of nitrogens with one attached hydrogen (secondary N) is 1. The first-order valence-corrected chi connectivity index (χ1v) is 5.94. The summed E-state index contributed by atoms with van der Waals surface area (Å²) in [5, 5.41) is 12.3. The maximum absolute atomic E-state index is 8.73. The number of halogens is 2. The van der Waals surface area contributed by atoms with Crippen molar-refractivity contribution in [1.29, 1.82) is 5.26 Å². The summed E-state index contributed by atoms with van der Waals surface area (Å²) in [5.41, 5.74) is 1.25. The van der Waals surface area contributed by atoms with Gasteiger partial charge in [-0.15, -0.1) is 0 Å². The molecule has 1 N–H and O–H groups in total. The van der Waals surface area contributed by atoms with Crippen LogP contribution in [0.5, 0.6) is 0 Å². The number of benzene rings is 1. The Hall–Kier alpha value is -1.57. The maximum atomic E-state index is 8.73. The van der Waals surface area contributed by atoms with E-state index in [-0.39, 0.29) is 0 Å². The Kier molecular flexibility index (Phi) is 3.62. The molecule has 2 rings (SSSR count). The summed E-state index contributed by atoms with van der Waals surface area (Å²) in [6.45, 7) is 0. The Morgan fingerprint density at radius 2 is 2.12 bits per heavy atom. The normalized spacial score (nSPS) is 9.71. The first-order valence-electron chi connectivity index (χ1n) is 4.77. The van der Waals surface area contributed by atoms with E-state index in [9.17, 15) is 0 Å². The highest BCUT2D eigenvalue weighted by molar-refractivity contribution is 9.10. The van der Waals surface area contributed by atoms with Crippen molar-refractivity contribution in [3.63, 3.8) is 0 Å². The molecule has 0 radical (unpaired) electrons. The molecule has 0 bridgehead atoms. The fourth-order valence-corrected chi connectivity index (χ4v) is 1.74. The number of rotatable bonds is 2. The molecule has 0 aliphatic rings. The standard InChI is InChI=1S/C12H7BrClN3/c13-9-2-4-12(16-7-9)17-11-3-1-8(6-15)5-10(11)14/h1-5,7H,(H,16,17). The summed E-state index contributed by atoms with van der Waals surface area (Å²) >= 11 is 9.35. The lowest BCUT2D eigenvalue weighted by molar-refractivity contribution is 1.29. The van der Waals surface area contributed by atoms with Gasteiger partial charge in [-0.05, 0) is 46.3 Å². The summed E-state index contributed by atoms with van der Waals surface area (Å²) in [4.78, 5) is 4.18. The molecule has 84 valence electrons. The van der Waals surface area contributed by atoms with Crippen molar-refractivity contribution in [2.24, 2.45) is 0 Å². The second-order valence-electron chi connectivity index (χ2n) is 3.29. The molecule has 0 saturated heterocycles. The molecule has 0 saturated carbocycles. The lowest BCUT2D eigenvalue weighted by Gasteiger charge is -2.07. The van der Waals surface area contributed by atoms with Gasteiger partial charge in [0.1, 0.15) is 5.82 Å². The Bertz CT molecular complexity index is 575. The van der Waals surface area contributed by atoms with Crippen LogP contribution in [0.4, 0.5) is 11.5 Å². The summed E-state index contributed by atoms with van der Waals surface area (Å²) in [6.07, 6.45) is 1.69. The fourth-order valence-electron chi connectivity index (χ4n) is 1.27. The van der Waals surface area contributed by atoms with Crippen LogP contribution in [0.15, 0.2) is 41.0 Å². The second-order valence-corrected chi connectivity index (χ2v) is 4.62. The van der Waals surface area contributed by atoms with Gasteiger partial charge in [0.05, 0.1) is 22.3 Å². The second kappa shape index (κ2) is 5.17. The third-order valence-electron chi connectivity index (χ3n) is 2.09. The van der Waals surface area contributed by atoms with Crippen LogP contribution in [-0.4, -0.2) is 4.98 Å². The predicted molar refractivity (Wildman–Crippen MR) is 71.4 cm³/mol. The van der Waals surface area contributed by atoms with Gasteiger partial charge in [0.15, 0.2) is 0 Å². The minimum absolute atomic E-state index is 0.494. The highest BCUT2D eigenvalue weighted by Gasteiger charge is 2.02. The van der Waals surface area contributed by atoms with E-state index in [4.69, 9.17) is 16.9 Å². The van der Waals surface area contributed by atoms with E-state index in [1.165, 1.54) is 0 Å². The monoisotopic (exact) mass is 307 g/mol. The Labute approximate surface area is 112 Å². The summed E-state index contributed by atoms with van der Waals surface area (Å²) in [6, 6.07) is 10.8. The van der Waals surface area contributed by atoms with Crippen molar-refractivity contribution < 1.29 is 0 Å². The Morgan fingerprint density at radius 1 is 1.29 bits per heavy atom. The van der Waals surface area contributed by atoms with Crippen LogP contribution in [0, 0.1) is 11.3 Å². The van der Waals surface area contributed by atoms with Crippen LogP contribution in [-0.2, 0) is 0 Å². The van der Waals surface area contributed by atoms with Gasteiger partial charge in [-0.2, -0.15) is 5.26 Å². The van der Waals surface area contributed by atoms with Crippen molar-refractivity contribution >= 4 is 39.0 Å². The quantitative estimate of drug-likeness (QED) is 0.908. The van der Waals surface area contributed by atoms with Gasteiger partial charge in [-0.1, -0.05) is 11.6 Å². The van der Waals surface area contributed by atoms with Crippen molar-refractivity contribution in [2.45, 2.75) is 0 Å². The smallest absolute Gasteiger partial charge is 0.130 e. The van der Waals surface area contributed by atoms with Gasteiger partial charge in [-0.3, -0.25) is 0 Å². The molecule has 3 nitrogen and oxygen atoms in total. The van der Waals surface area contributed by atoms with Gasteiger partial charge >= 0.3 is 0 Å². The number of hydrogen-bond acceptors (Lipinski definition) is 3. The topological polar surface area (TPSA) is 48.7 Å². The van der Waals surface area contributed by atoms with Crippen LogP contribution >= 0.6 is 27.5 Å². The van der Waals surface area contributed by atoms with Gasteiger partial charge in [0.25, 0.3) is 0 Å². The molecule has 5 heteroatoms. The van der Waals surface area contributed by atoms with E-state index in [2.05, 4.69) is 26.2 Å². The Morgan fingerprint density at radius 3 is 2.71 bits per heavy atom. The minimum Gasteiger partial charge on any atom is -0.339 e. The molecule has 0 aliphatic heterocycles. The van der Waals surface area contributed by atoms with Crippen LogP contribution in [0.25, 0.3) is 0 Å². The SMILES string of the molecule is N#Cc1ccc(Nc2ccc(Br)cn2)c(Cl)c1. The van der Waals surface area contributed by atoms with E-state index < -0.39 is 0 Å². The fraction of sp³-hybridized carbons (Fsp3) is 0. The highest BCUT2D eigenvalue weighted by atomic mass is 79.9. The molecular formula is C12H7BrClN3. The zero-order chi connectivity index (χ0) is 12.3. The van der Waals surface area contributed by atoms with Crippen molar-refractivity contribution in [3.05, 3.63) is 51.6 Å². The average Bonchev–Trinajstić information content (AvgIpc) is 2.34. The number of hydrogen-bond donors (Lipinski definition) is 1. The average molecular weight is 309 g/mol. The molecule has 0 atom stereocenters. The number of pyridine rings is 1. The molecule has 1 aromatic heterocycles. The van der Waals surface area contributed by atoms with E-state index in [0.717, 1.165) is 10.2 Å². The van der Waals surface area contributed by atoms with Gasteiger partial charge in [0, 0.05) is 10.7 Å². The van der Waals surface area contributed by atoms with Crippen LogP contribution in [0.2, 0.25) is 5.02 Å².